The number of hydrogen-bond donors (Lipinski definition) is 1. The van der Waals surface area contributed by atoms with Gasteiger partial charge in [0.25, 0.3) is 5.91 Å². The zero-order valence-electron chi connectivity index (χ0n) is 15.3. The van der Waals surface area contributed by atoms with Gasteiger partial charge in [-0.1, -0.05) is 6.92 Å². The van der Waals surface area contributed by atoms with Crippen LogP contribution in [0, 0.1) is 5.82 Å². The number of amides is 1. The number of carbonyl (C=O) groups excluding carboxylic acids is 1. The Labute approximate surface area is 153 Å². The summed E-state index contributed by atoms with van der Waals surface area (Å²) in [5, 5.41) is 2.99. The summed E-state index contributed by atoms with van der Waals surface area (Å²) in [6.07, 6.45) is 0.923. The van der Waals surface area contributed by atoms with E-state index in [1.165, 1.54) is 12.1 Å². The minimum absolute atomic E-state index is 0.119. The number of ether oxygens (including phenoxy) is 1. The largest absolute Gasteiger partial charge is 0.451 e. The second-order valence-electron chi connectivity index (χ2n) is 6.80. The Morgan fingerprint density at radius 1 is 1.19 bits per heavy atom. The summed E-state index contributed by atoms with van der Waals surface area (Å²) >= 11 is 0. The van der Waals surface area contributed by atoms with Crippen LogP contribution in [0.2, 0.25) is 0 Å². The molecule has 6 heteroatoms. The molecule has 1 aliphatic heterocycles. The number of nitrogens with one attached hydrogen (secondary N) is 1. The van der Waals surface area contributed by atoms with Gasteiger partial charge < -0.3 is 14.5 Å². The Morgan fingerprint density at radius 2 is 1.88 bits per heavy atom. The number of nitrogens with zero attached hydrogens (tertiary/aromatic N) is 1. The Balaban J connectivity index is 1.63. The molecule has 2 aromatic rings. The molecule has 140 valence electrons. The Hall–Kier alpha value is -2.18. The number of halogens is 1. The third-order valence-corrected chi connectivity index (χ3v) is 5.12. The lowest BCUT2D eigenvalue weighted by atomic mass is 9.95. The van der Waals surface area contributed by atoms with E-state index >= 15 is 0 Å². The van der Waals surface area contributed by atoms with Gasteiger partial charge in [-0.2, -0.15) is 0 Å². The van der Waals surface area contributed by atoms with Crippen molar-refractivity contribution in [2.75, 3.05) is 32.8 Å². The van der Waals surface area contributed by atoms with Gasteiger partial charge in [-0.05, 0) is 49.7 Å². The zero-order valence-corrected chi connectivity index (χ0v) is 15.3. The predicted octanol–water partition coefficient (Wildman–Crippen LogP) is 3.32. The van der Waals surface area contributed by atoms with Crippen LogP contribution in [-0.4, -0.2) is 49.2 Å². The van der Waals surface area contributed by atoms with E-state index in [-0.39, 0.29) is 23.0 Å². The van der Waals surface area contributed by atoms with Crippen molar-refractivity contribution in [1.29, 1.82) is 0 Å². The Bertz CT molecular complexity index is 738. The first-order chi connectivity index (χ1) is 12.5. The van der Waals surface area contributed by atoms with Crippen LogP contribution in [0.4, 0.5) is 4.39 Å². The highest BCUT2D eigenvalue weighted by atomic mass is 19.1. The minimum Gasteiger partial charge on any atom is -0.451 e. The molecule has 26 heavy (non-hydrogen) atoms. The maximum absolute atomic E-state index is 13.0. The number of furan rings is 1. The fraction of sp³-hybridized carbons (Fsp3) is 0.450. The van der Waals surface area contributed by atoms with E-state index in [1.807, 2.05) is 0 Å². The number of morpholine rings is 1. The van der Waals surface area contributed by atoms with Crippen molar-refractivity contribution < 1.29 is 18.3 Å². The summed E-state index contributed by atoms with van der Waals surface area (Å²) in [6, 6.07) is 9.36. The first-order valence-electron chi connectivity index (χ1n) is 8.98. The lowest BCUT2D eigenvalue weighted by Crippen LogP contribution is -2.56. The van der Waals surface area contributed by atoms with Gasteiger partial charge in [-0.15, -0.1) is 0 Å². The van der Waals surface area contributed by atoms with Gasteiger partial charge in [0.2, 0.25) is 0 Å². The normalized spacial score (nSPS) is 17.7. The molecule has 1 aromatic heterocycles. The molecule has 0 bridgehead atoms. The molecule has 1 atom stereocenters. The first-order valence-corrected chi connectivity index (χ1v) is 8.98. The number of benzene rings is 1. The summed E-state index contributed by atoms with van der Waals surface area (Å²) in [5.41, 5.74) is 0.614. The van der Waals surface area contributed by atoms with Crippen LogP contribution in [0.3, 0.4) is 0 Å². The third kappa shape index (κ3) is 4.14. The van der Waals surface area contributed by atoms with E-state index in [0.717, 1.165) is 38.3 Å². The van der Waals surface area contributed by atoms with Gasteiger partial charge in [0, 0.05) is 30.7 Å². The molecule has 5 nitrogen and oxygen atoms in total. The summed E-state index contributed by atoms with van der Waals surface area (Å²) in [7, 11) is 0. The van der Waals surface area contributed by atoms with Crippen molar-refractivity contribution in [1.82, 2.24) is 10.2 Å². The second kappa shape index (κ2) is 8.01. The molecule has 1 saturated heterocycles. The molecule has 1 unspecified atom stereocenters. The summed E-state index contributed by atoms with van der Waals surface area (Å²) in [5.74, 6) is 0.248. The van der Waals surface area contributed by atoms with Crippen molar-refractivity contribution in [3.8, 4) is 11.3 Å². The van der Waals surface area contributed by atoms with E-state index in [2.05, 4.69) is 24.1 Å². The number of rotatable bonds is 6. The average Bonchev–Trinajstić information content (AvgIpc) is 3.17. The number of hydrogen-bond acceptors (Lipinski definition) is 4. The minimum atomic E-state index is -0.305. The van der Waals surface area contributed by atoms with Crippen LogP contribution in [0.25, 0.3) is 11.3 Å². The van der Waals surface area contributed by atoms with Crippen LogP contribution >= 0.6 is 0 Å². The van der Waals surface area contributed by atoms with E-state index in [4.69, 9.17) is 9.15 Å². The van der Waals surface area contributed by atoms with E-state index in [0.29, 0.717) is 12.3 Å². The molecule has 0 radical (unpaired) electrons. The number of carbonyl (C=O) groups is 1. The molecular weight excluding hydrogens is 335 g/mol. The quantitative estimate of drug-likeness (QED) is 0.859. The smallest absolute Gasteiger partial charge is 0.287 e. The van der Waals surface area contributed by atoms with Gasteiger partial charge in [0.1, 0.15) is 11.6 Å². The fourth-order valence-corrected chi connectivity index (χ4v) is 3.15. The molecule has 1 aromatic carbocycles. The SMILES string of the molecule is CCC(C)(CNC(=O)c1ccc(-c2ccc(F)cc2)o1)N1CCOCC1. The van der Waals surface area contributed by atoms with Crippen molar-refractivity contribution in [2.45, 2.75) is 25.8 Å². The second-order valence-corrected chi connectivity index (χ2v) is 6.80. The van der Waals surface area contributed by atoms with Crippen molar-refractivity contribution in [3.05, 3.63) is 48.0 Å². The van der Waals surface area contributed by atoms with Crippen molar-refractivity contribution in [3.63, 3.8) is 0 Å². The topological polar surface area (TPSA) is 54.7 Å². The molecule has 0 spiro atoms. The highest BCUT2D eigenvalue weighted by Crippen LogP contribution is 2.23. The molecule has 2 heterocycles. The van der Waals surface area contributed by atoms with E-state index in [1.54, 1.807) is 24.3 Å². The standard InChI is InChI=1S/C20H25FN2O3/c1-3-20(2,23-10-12-25-13-11-23)14-22-19(24)18-9-8-17(26-18)15-4-6-16(21)7-5-15/h4-9H,3,10-14H2,1-2H3,(H,22,24). The monoisotopic (exact) mass is 360 g/mol. The molecule has 1 amide bonds. The highest BCUT2D eigenvalue weighted by molar-refractivity contribution is 5.92. The molecule has 3 rings (SSSR count). The van der Waals surface area contributed by atoms with Crippen LogP contribution in [-0.2, 0) is 4.74 Å². The molecule has 0 saturated carbocycles. The molecule has 0 aliphatic carbocycles. The highest BCUT2D eigenvalue weighted by Gasteiger charge is 2.32. The maximum atomic E-state index is 13.0. The Kier molecular flexibility index (Phi) is 5.74. The molecule has 1 fully saturated rings. The molecular formula is C20H25FN2O3. The van der Waals surface area contributed by atoms with Gasteiger partial charge in [-0.25, -0.2) is 4.39 Å². The Morgan fingerprint density at radius 3 is 2.54 bits per heavy atom. The van der Waals surface area contributed by atoms with Crippen LogP contribution in [0.15, 0.2) is 40.8 Å². The van der Waals surface area contributed by atoms with Crippen molar-refractivity contribution >= 4 is 5.91 Å². The summed E-state index contributed by atoms with van der Waals surface area (Å²) in [6.45, 7) is 8.01. The van der Waals surface area contributed by atoms with Gasteiger partial charge in [0.05, 0.1) is 13.2 Å². The lowest BCUT2D eigenvalue weighted by Gasteiger charge is -2.42. The van der Waals surface area contributed by atoms with E-state index < -0.39 is 0 Å². The fourth-order valence-electron chi connectivity index (χ4n) is 3.15. The predicted molar refractivity (Wildman–Crippen MR) is 97.5 cm³/mol. The summed E-state index contributed by atoms with van der Waals surface area (Å²) in [4.78, 5) is 14.8. The zero-order chi connectivity index (χ0) is 18.6. The van der Waals surface area contributed by atoms with Gasteiger partial charge >= 0.3 is 0 Å². The average molecular weight is 360 g/mol. The molecule has 1 aliphatic rings. The maximum Gasteiger partial charge on any atom is 0.287 e. The first kappa shape index (κ1) is 18.6. The van der Waals surface area contributed by atoms with Crippen LogP contribution in [0.5, 0.6) is 0 Å². The summed E-state index contributed by atoms with van der Waals surface area (Å²) < 4.78 is 24.1. The van der Waals surface area contributed by atoms with Crippen molar-refractivity contribution in [2.24, 2.45) is 0 Å². The van der Waals surface area contributed by atoms with Crippen LogP contribution in [0.1, 0.15) is 30.8 Å². The molecule has 1 N–H and O–H groups in total. The van der Waals surface area contributed by atoms with Gasteiger partial charge in [0.15, 0.2) is 5.76 Å². The van der Waals surface area contributed by atoms with Gasteiger partial charge in [-0.3, -0.25) is 9.69 Å². The van der Waals surface area contributed by atoms with E-state index in [9.17, 15) is 9.18 Å². The van der Waals surface area contributed by atoms with Crippen LogP contribution < -0.4 is 5.32 Å². The third-order valence-electron chi connectivity index (χ3n) is 5.12. The lowest BCUT2D eigenvalue weighted by molar-refractivity contribution is -0.0170.